The first-order valence-corrected chi connectivity index (χ1v) is 7.66. The highest BCUT2D eigenvalue weighted by atomic mass is 35.5. The van der Waals surface area contributed by atoms with Gasteiger partial charge < -0.3 is 5.32 Å². The van der Waals surface area contributed by atoms with Crippen LogP contribution in [0.25, 0.3) is 0 Å². The second-order valence-corrected chi connectivity index (χ2v) is 5.82. The van der Waals surface area contributed by atoms with E-state index in [0.717, 1.165) is 23.0 Å². The monoisotopic (exact) mass is 310 g/mol. The van der Waals surface area contributed by atoms with Gasteiger partial charge in [-0.05, 0) is 23.6 Å². The van der Waals surface area contributed by atoms with Crippen LogP contribution in [0, 0.1) is 0 Å². The summed E-state index contributed by atoms with van der Waals surface area (Å²) in [6.45, 7) is 0. The fraction of sp³-hybridized carbons (Fsp3) is 0.176. The summed E-state index contributed by atoms with van der Waals surface area (Å²) in [7, 11) is 0. The van der Waals surface area contributed by atoms with Crippen LogP contribution in [0.5, 0.6) is 0 Å². The minimum atomic E-state index is 0.121. The number of hydrogen-bond acceptors (Lipinski definition) is 3. The zero-order valence-corrected chi connectivity index (χ0v) is 12.6. The van der Waals surface area contributed by atoms with Gasteiger partial charge in [-0.15, -0.1) is 0 Å². The predicted octanol–water partition coefficient (Wildman–Crippen LogP) is 4.08. The Balaban J connectivity index is 1.76. The van der Waals surface area contributed by atoms with Crippen molar-refractivity contribution in [3.63, 3.8) is 0 Å². The Morgan fingerprint density at radius 3 is 2.64 bits per heavy atom. The lowest BCUT2D eigenvalue weighted by Crippen LogP contribution is -2.28. The Labute approximate surface area is 133 Å². The van der Waals surface area contributed by atoms with E-state index < -0.39 is 0 Å². The molecule has 110 valence electrons. The first-order valence-electron chi connectivity index (χ1n) is 7.28. The molecular weight excluding hydrogens is 296 g/mol. The van der Waals surface area contributed by atoms with Gasteiger partial charge in [0.15, 0.2) is 0 Å². The van der Waals surface area contributed by atoms with Gasteiger partial charge in [0.2, 0.25) is 5.95 Å². The summed E-state index contributed by atoms with van der Waals surface area (Å²) in [5.74, 6) is 0.782. The van der Waals surface area contributed by atoms with Gasteiger partial charge in [-0.2, -0.15) is 10.1 Å². The molecule has 1 N–H and O–H groups in total. The summed E-state index contributed by atoms with van der Waals surface area (Å²) in [6, 6.07) is 18.6. The van der Waals surface area contributed by atoms with Gasteiger partial charge in [-0.25, -0.2) is 4.68 Å². The number of rotatable bonds is 2. The fourth-order valence-corrected chi connectivity index (χ4v) is 3.30. The number of halogens is 1. The standard InChI is InChI=1S/C17H15ClN4/c18-14-9-5-4-8-13(14)15-10-16(12-6-2-1-3-7-12)22-17(21-15)19-11-20-22/h1-9,11,15-16H,10H2,(H,19,20,21). The van der Waals surface area contributed by atoms with E-state index in [2.05, 4.69) is 45.7 Å². The number of nitrogens with one attached hydrogen (secondary N) is 1. The normalized spacial score (nSPS) is 20.2. The van der Waals surface area contributed by atoms with Crippen LogP contribution in [0.4, 0.5) is 5.95 Å². The lowest BCUT2D eigenvalue weighted by Gasteiger charge is -2.32. The Bertz CT molecular complexity index is 784. The van der Waals surface area contributed by atoms with Crippen molar-refractivity contribution in [2.75, 3.05) is 5.32 Å². The molecule has 0 amide bonds. The molecule has 4 rings (SSSR count). The van der Waals surface area contributed by atoms with Crippen LogP contribution in [0.2, 0.25) is 5.02 Å². The van der Waals surface area contributed by atoms with Gasteiger partial charge in [0.05, 0.1) is 12.1 Å². The molecule has 2 heterocycles. The molecule has 1 aromatic heterocycles. The van der Waals surface area contributed by atoms with Crippen molar-refractivity contribution in [3.8, 4) is 0 Å². The van der Waals surface area contributed by atoms with Crippen molar-refractivity contribution >= 4 is 17.5 Å². The second kappa shape index (κ2) is 5.46. The maximum atomic E-state index is 6.37. The molecule has 1 aliphatic rings. The average molecular weight is 311 g/mol. The molecule has 3 aromatic rings. The molecule has 0 spiro atoms. The van der Waals surface area contributed by atoms with Gasteiger partial charge in [-0.3, -0.25) is 0 Å². The third-order valence-corrected chi connectivity index (χ3v) is 4.44. The van der Waals surface area contributed by atoms with E-state index >= 15 is 0 Å². The number of nitrogens with zero attached hydrogens (tertiary/aromatic N) is 3. The molecule has 0 aliphatic carbocycles. The minimum Gasteiger partial charge on any atom is -0.347 e. The van der Waals surface area contributed by atoms with Crippen molar-refractivity contribution in [1.29, 1.82) is 0 Å². The largest absolute Gasteiger partial charge is 0.347 e. The fourth-order valence-electron chi connectivity index (χ4n) is 3.03. The van der Waals surface area contributed by atoms with Crippen molar-refractivity contribution in [2.45, 2.75) is 18.5 Å². The van der Waals surface area contributed by atoms with Crippen molar-refractivity contribution in [3.05, 3.63) is 77.1 Å². The van der Waals surface area contributed by atoms with Crippen LogP contribution in [-0.4, -0.2) is 14.8 Å². The highest BCUT2D eigenvalue weighted by Gasteiger charge is 2.30. The number of hydrogen-bond donors (Lipinski definition) is 1. The van der Waals surface area contributed by atoms with Gasteiger partial charge in [0.1, 0.15) is 6.33 Å². The summed E-state index contributed by atoms with van der Waals surface area (Å²) in [6.07, 6.45) is 2.47. The molecule has 0 radical (unpaired) electrons. The summed E-state index contributed by atoms with van der Waals surface area (Å²) in [4.78, 5) is 4.34. The van der Waals surface area contributed by atoms with E-state index in [1.807, 2.05) is 28.9 Å². The van der Waals surface area contributed by atoms with Crippen molar-refractivity contribution < 1.29 is 0 Å². The zero-order chi connectivity index (χ0) is 14.9. The number of anilines is 1. The summed E-state index contributed by atoms with van der Waals surface area (Å²) in [5, 5.41) is 8.59. The SMILES string of the molecule is Clc1ccccc1C1CC(c2ccccc2)n2ncnc2N1. The Morgan fingerprint density at radius 1 is 1.05 bits per heavy atom. The van der Waals surface area contributed by atoms with E-state index in [1.165, 1.54) is 5.56 Å². The molecule has 5 heteroatoms. The van der Waals surface area contributed by atoms with Crippen LogP contribution in [0.15, 0.2) is 60.9 Å². The zero-order valence-electron chi connectivity index (χ0n) is 11.9. The van der Waals surface area contributed by atoms with Crippen LogP contribution in [0.1, 0.15) is 29.6 Å². The lowest BCUT2D eigenvalue weighted by atomic mass is 9.93. The molecule has 0 fully saturated rings. The molecule has 22 heavy (non-hydrogen) atoms. The van der Waals surface area contributed by atoms with Crippen LogP contribution < -0.4 is 5.32 Å². The Kier molecular flexibility index (Phi) is 3.31. The first-order chi connectivity index (χ1) is 10.8. The maximum absolute atomic E-state index is 6.37. The van der Waals surface area contributed by atoms with Gasteiger partial charge in [0, 0.05) is 5.02 Å². The predicted molar refractivity (Wildman–Crippen MR) is 87.0 cm³/mol. The molecule has 4 nitrogen and oxygen atoms in total. The number of aromatic nitrogens is 3. The molecule has 0 saturated heterocycles. The van der Waals surface area contributed by atoms with Crippen LogP contribution in [-0.2, 0) is 0 Å². The lowest BCUT2D eigenvalue weighted by molar-refractivity contribution is 0.431. The van der Waals surface area contributed by atoms with Crippen LogP contribution in [0.3, 0.4) is 0 Å². The summed E-state index contributed by atoms with van der Waals surface area (Å²) >= 11 is 6.37. The molecule has 0 bridgehead atoms. The van der Waals surface area contributed by atoms with E-state index in [-0.39, 0.29) is 12.1 Å². The third-order valence-electron chi connectivity index (χ3n) is 4.10. The van der Waals surface area contributed by atoms with Gasteiger partial charge >= 0.3 is 0 Å². The molecule has 1 aliphatic heterocycles. The molecule has 2 unspecified atom stereocenters. The molecule has 0 saturated carbocycles. The van der Waals surface area contributed by atoms with E-state index in [4.69, 9.17) is 11.6 Å². The van der Waals surface area contributed by atoms with E-state index in [1.54, 1.807) is 6.33 Å². The quantitative estimate of drug-likeness (QED) is 0.775. The Morgan fingerprint density at radius 2 is 1.82 bits per heavy atom. The van der Waals surface area contributed by atoms with Gasteiger partial charge in [-0.1, -0.05) is 60.1 Å². The first kappa shape index (κ1) is 13.3. The second-order valence-electron chi connectivity index (χ2n) is 5.41. The Hall–Kier alpha value is -2.33. The molecular formula is C17H15ClN4. The topological polar surface area (TPSA) is 42.7 Å². The highest BCUT2D eigenvalue weighted by molar-refractivity contribution is 6.31. The van der Waals surface area contributed by atoms with Crippen molar-refractivity contribution in [2.24, 2.45) is 0 Å². The smallest absolute Gasteiger partial charge is 0.222 e. The van der Waals surface area contributed by atoms with E-state index in [0.29, 0.717) is 0 Å². The summed E-state index contributed by atoms with van der Waals surface area (Å²) < 4.78 is 1.95. The van der Waals surface area contributed by atoms with Crippen molar-refractivity contribution in [1.82, 2.24) is 14.8 Å². The average Bonchev–Trinajstić information content (AvgIpc) is 3.03. The third kappa shape index (κ3) is 2.25. The molecule has 2 atom stereocenters. The van der Waals surface area contributed by atoms with Crippen LogP contribution >= 0.6 is 11.6 Å². The number of benzene rings is 2. The maximum Gasteiger partial charge on any atom is 0.222 e. The minimum absolute atomic E-state index is 0.121. The van der Waals surface area contributed by atoms with E-state index in [9.17, 15) is 0 Å². The van der Waals surface area contributed by atoms with Gasteiger partial charge in [0.25, 0.3) is 0 Å². The molecule has 2 aromatic carbocycles. The summed E-state index contributed by atoms with van der Waals surface area (Å²) in [5.41, 5.74) is 2.33. The number of fused-ring (bicyclic) bond motifs is 1. The highest BCUT2D eigenvalue weighted by Crippen LogP contribution is 2.39.